The van der Waals surface area contributed by atoms with Gasteiger partial charge in [-0.3, -0.25) is 0 Å². The number of benzene rings is 1. The second-order valence-corrected chi connectivity index (χ2v) is 3.93. The summed E-state index contributed by atoms with van der Waals surface area (Å²) in [6.07, 6.45) is 6.67. The van der Waals surface area contributed by atoms with Crippen LogP contribution < -0.4 is 4.90 Å². The van der Waals surface area contributed by atoms with Gasteiger partial charge in [-0.05, 0) is 31.0 Å². The summed E-state index contributed by atoms with van der Waals surface area (Å²) in [6.45, 7) is 2.22. The number of anilines is 1. The Morgan fingerprint density at radius 2 is 2.00 bits per heavy atom. The molecule has 0 unspecified atom stereocenters. The zero-order valence-electron chi connectivity index (χ0n) is 9.86. The third-order valence-electron chi connectivity index (χ3n) is 2.47. The number of Topliss-reactive ketones (excluding diaryl/α,β-unsaturated/α-hetero) is 1. The SMILES string of the molecule is C#CCN(C)c1ccc(CCC(C)=O)cc1. The van der Waals surface area contributed by atoms with Crippen LogP contribution in [0.25, 0.3) is 0 Å². The van der Waals surface area contributed by atoms with E-state index in [-0.39, 0.29) is 5.78 Å². The van der Waals surface area contributed by atoms with Crippen LogP contribution >= 0.6 is 0 Å². The van der Waals surface area contributed by atoms with Crippen LogP contribution in [0, 0.1) is 12.3 Å². The summed E-state index contributed by atoms with van der Waals surface area (Å²) in [5, 5.41) is 0. The number of carbonyl (C=O) groups is 1. The van der Waals surface area contributed by atoms with Crippen molar-refractivity contribution >= 4 is 11.5 Å². The first kappa shape index (κ1) is 12.3. The highest BCUT2D eigenvalue weighted by Crippen LogP contribution is 2.14. The molecule has 0 aliphatic carbocycles. The predicted octanol–water partition coefficient (Wildman–Crippen LogP) is 2.28. The lowest BCUT2D eigenvalue weighted by Crippen LogP contribution is -2.16. The average molecular weight is 215 g/mol. The number of carbonyl (C=O) groups excluding carboxylic acids is 1. The number of nitrogens with zero attached hydrogens (tertiary/aromatic N) is 1. The van der Waals surface area contributed by atoms with E-state index in [0.29, 0.717) is 13.0 Å². The van der Waals surface area contributed by atoms with Gasteiger partial charge < -0.3 is 9.69 Å². The third kappa shape index (κ3) is 3.78. The Bertz CT molecular complexity index is 386. The zero-order valence-corrected chi connectivity index (χ0v) is 9.86. The maximum absolute atomic E-state index is 10.8. The number of ketones is 1. The lowest BCUT2D eigenvalue weighted by atomic mass is 10.1. The minimum Gasteiger partial charge on any atom is -0.363 e. The standard InChI is InChI=1S/C14H17NO/c1-4-11-15(3)14-9-7-13(8-10-14)6-5-12(2)16/h1,7-10H,5-6,11H2,2-3H3. The monoisotopic (exact) mass is 215 g/mol. The van der Waals surface area contributed by atoms with Gasteiger partial charge in [0.2, 0.25) is 0 Å². The number of rotatable bonds is 5. The molecule has 0 aromatic heterocycles. The molecule has 0 amide bonds. The van der Waals surface area contributed by atoms with E-state index in [2.05, 4.69) is 5.92 Å². The molecule has 0 heterocycles. The van der Waals surface area contributed by atoms with Crippen LogP contribution in [0.5, 0.6) is 0 Å². The summed E-state index contributed by atoms with van der Waals surface area (Å²) in [4.78, 5) is 12.9. The van der Waals surface area contributed by atoms with Gasteiger partial charge in [-0.25, -0.2) is 0 Å². The fourth-order valence-corrected chi connectivity index (χ4v) is 1.47. The van der Waals surface area contributed by atoms with E-state index in [4.69, 9.17) is 6.42 Å². The van der Waals surface area contributed by atoms with Crippen molar-refractivity contribution < 1.29 is 4.79 Å². The van der Waals surface area contributed by atoms with Crippen molar-refractivity contribution in [1.82, 2.24) is 0 Å². The average Bonchev–Trinajstić information content (AvgIpc) is 2.27. The lowest BCUT2D eigenvalue weighted by molar-refractivity contribution is -0.116. The van der Waals surface area contributed by atoms with E-state index in [1.807, 2.05) is 36.2 Å². The maximum atomic E-state index is 10.8. The molecule has 0 atom stereocenters. The van der Waals surface area contributed by atoms with Crippen molar-refractivity contribution in [2.45, 2.75) is 19.8 Å². The van der Waals surface area contributed by atoms with Crippen LogP contribution in [0.15, 0.2) is 24.3 Å². The normalized spacial score (nSPS) is 9.56. The smallest absolute Gasteiger partial charge is 0.130 e. The van der Waals surface area contributed by atoms with Crippen LogP contribution in [0.4, 0.5) is 5.69 Å². The minimum atomic E-state index is 0.230. The maximum Gasteiger partial charge on any atom is 0.130 e. The number of aryl methyl sites for hydroxylation is 1. The Kier molecular flexibility index (Phi) is 4.60. The molecule has 0 radical (unpaired) electrons. The lowest BCUT2D eigenvalue weighted by Gasteiger charge is -2.16. The van der Waals surface area contributed by atoms with E-state index in [1.54, 1.807) is 6.92 Å². The summed E-state index contributed by atoms with van der Waals surface area (Å²) < 4.78 is 0. The quantitative estimate of drug-likeness (QED) is 0.702. The van der Waals surface area contributed by atoms with Crippen molar-refractivity contribution in [3.8, 4) is 12.3 Å². The molecule has 0 saturated heterocycles. The third-order valence-corrected chi connectivity index (χ3v) is 2.47. The van der Waals surface area contributed by atoms with Gasteiger partial charge in [-0.15, -0.1) is 6.42 Å². The van der Waals surface area contributed by atoms with E-state index in [9.17, 15) is 4.79 Å². The van der Waals surface area contributed by atoms with Gasteiger partial charge in [0.25, 0.3) is 0 Å². The fraction of sp³-hybridized carbons (Fsp3) is 0.357. The Balaban J connectivity index is 2.61. The first-order chi connectivity index (χ1) is 7.63. The highest BCUT2D eigenvalue weighted by atomic mass is 16.1. The summed E-state index contributed by atoms with van der Waals surface area (Å²) in [7, 11) is 1.96. The molecule has 1 rings (SSSR count). The summed E-state index contributed by atoms with van der Waals surface area (Å²) in [5.41, 5.74) is 2.29. The van der Waals surface area contributed by atoms with Crippen molar-refractivity contribution in [3.63, 3.8) is 0 Å². The highest BCUT2D eigenvalue weighted by Gasteiger charge is 2.00. The van der Waals surface area contributed by atoms with E-state index in [0.717, 1.165) is 12.1 Å². The summed E-state index contributed by atoms with van der Waals surface area (Å²) in [5.74, 6) is 2.83. The van der Waals surface area contributed by atoms with Crippen LogP contribution in [-0.4, -0.2) is 19.4 Å². The topological polar surface area (TPSA) is 20.3 Å². The number of hydrogen-bond acceptors (Lipinski definition) is 2. The Morgan fingerprint density at radius 1 is 1.38 bits per heavy atom. The molecule has 0 spiro atoms. The van der Waals surface area contributed by atoms with Gasteiger partial charge in [0.1, 0.15) is 5.78 Å². The molecule has 0 aliphatic heterocycles. The Hall–Kier alpha value is -1.75. The molecule has 0 saturated carbocycles. The molecule has 16 heavy (non-hydrogen) atoms. The Labute approximate surface area is 97.3 Å². The molecule has 2 heteroatoms. The molecular formula is C14H17NO. The molecule has 0 N–H and O–H groups in total. The largest absolute Gasteiger partial charge is 0.363 e. The summed E-state index contributed by atoms with van der Waals surface area (Å²) >= 11 is 0. The van der Waals surface area contributed by atoms with Crippen LogP contribution in [-0.2, 0) is 11.2 Å². The van der Waals surface area contributed by atoms with Crippen molar-refractivity contribution in [2.24, 2.45) is 0 Å². The molecular weight excluding hydrogens is 198 g/mol. The van der Waals surface area contributed by atoms with E-state index < -0.39 is 0 Å². The van der Waals surface area contributed by atoms with Crippen molar-refractivity contribution in [3.05, 3.63) is 29.8 Å². The number of hydrogen-bond donors (Lipinski definition) is 0. The van der Waals surface area contributed by atoms with Gasteiger partial charge in [-0.1, -0.05) is 18.1 Å². The Morgan fingerprint density at radius 3 is 2.50 bits per heavy atom. The van der Waals surface area contributed by atoms with E-state index in [1.165, 1.54) is 5.56 Å². The molecule has 0 fully saturated rings. The second kappa shape index (κ2) is 5.97. The summed E-state index contributed by atoms with van der Waals surface area (Å²) in [6, 6.07) is 8.16. The van der Waals surface area contributed by atoms with Crippen molar-refractivity contribution in [2.75, 3.05) is 18.5 Å². The van der Waals surface area contributed by atoms with Crippen molar-refractivity contribution in [1.29, 1.82) is 0 Å². The van der Waals surface area contributed by atoms with Gasteiger partial charge in [-0.2, -0.15) is 0 Å². The second-order valence-electron chi connectivity index (χ2n) is 3.93. The molecule has 2 nitrogen and oxygen atoms in total. The first-order valence-corrected chi connectivity index (χ1v) is 5.36. The first-order valence-electron chi connectivity index (χ1n) is 5.36. The molecule has 0 aliphatic rings. The van der Waals surface area contributed by atoms with E-state index >= 15 is 0 Å². The molecule has 1 aromatic rings. The molecule has 1 aromatic carbocycles. The van der Waals surface area contributed by atoms with Crippen LogP contribution in [0.3, 0.4) is 0 Å². The minimum absolute atomic E-state index is 0.230. The van der Waals surface area contributed by atoms with Gasteiger partial charge >= 0.3 is 0 Å². The van der Waals surface area contributed by atoms with Crippen LogP contribution in [0.2, 0.25) is 0 Å². The predicted molar refractivity (Wildman–Crippen MR) is 67.5 cm³/mol. The van der Waals surface area contributed by atoms with Crippen LogP contribution in [0.1, 0.15) is 18.9 Å². The van der Waals surface area contributed by atoms with Gasteiger partial charge in [0.05, 0.1) is 6.54 Å². The van der Waals surface area contributed by atoms with Gasteiger partial charge in [0.15, 0.2) is 0 Å². The number of terminal acetylenes is 1. The van der Waals surface area contributed by atoms with Gasteiger partial charge in [0, 0.05) is 19.2 Å². The fourth-order valence-electron chi connectivity index (χ4n) is 1.47. The molecule has 84 valence electrons. The molecule has 0 bridgehead atoms. The highest BCUT2D eigenvalue weighted by molar-refractivity contribution is 5.75. The zero-order chi connectivity index (χ0) is 12.0.